The minimum atomic E-state index is -1.42. The molecule has 1 aromatic heterocycles. The number of nitrogens with zero attached hydrogens (tertiary/aromatic N) is 1. The maximum absolute atomic E-state index is 12.3. The van der Waals surface area contributed by atoms with Crippen LogP contribution >= 0.6 is 12.4 Å². The number of aliphatic hydroxyl groups excluding tert-OH is 1. The molecule has 0 spiro atoms. The van der Waals surface area contributed by atoms with E-state index in [9.17, 15) is 14.7 Å². The largest absolute Gasteiger partial charge is 0.381 e. The van der Waals surface area contributed by atoms with E-state index in [0.717, 1.165) is 5.56 Å². The maximum atomic E-state index is 12.3. The highest BCUT2D eigenvalue weighted by Crippen LogP contribution is 2.07. The molecule has 0 radical (unpaired) electrons. The second kappa shape index (κ2) is 11.3. The van der Waals surface area contributed by atoms with E-state index in [1.807, 2.05) is 36.4 Å². The number of hydrogen-bond acceptors (Lipinski definition) is 5. The molecule has 2 amide bonds. The predicted octanol–water partition coefficient (Wildman–Crippen LogP) is 0.555. The van der Waals surface area contributed by atoms with E-state index >= 15 is 0 Å². The molecular formula is C19H25ClN4O3. The standard InChI is InChI=1S/C19H24N4O3.ClH/c1-13(20)18(25)23-16(11-14-7-3-2-4-8-14)17(24)19(26)22-12-15-9-5-6-10-21-15;/h2-10,13,16-17,24H,11-12,20H2,1H3,(H,22,26)(H,23,25);1H/t13-,16-,17+;/m1./s1. The van der Waals surface area contributed by atoms with Gasteiger partial charge in [0.25, 0.3) is 5.91 Å². The average molecular weight is 393 g/mol. The van der Waals surface area contributed by atoms with Gasteiger partial charge in [-0.15, -0.1) is 12.4 Å². The van der Waals surface area contributed by atoms with Crippen molar-refractivity contribution in [2.24, 2.45) is 5.73 Å². The Kier molecular flexibility index (Phi) is 9.42. The molecule has 2 aromatic rings. The van der Waals surface area contributed by atoms with Gasteiger partial charge in [0, 0.05) is 6.20 Å². The number of halogens is 1. The zero-order valence-corrected chi connectivity index (χ0v) is 15.9. The number of rotatable bonds is 8. The van der Waals surface area contributed by atoms with Crippen LogP contribution in [0, 0.1) is 0 Å². The van der Waals surface area contributed by atoms with Gasteiger partial charge in [-0.25, -0.2) is 0 Å². The van der Waals surface area contributed by atoms with Crippen molar-refractivity contribution in [1.82, 2.24) is 15.6 Å². The van der Waals surface area contributed by atoms with Crippen LogP contribution in [0.4, 0.5) is 0 Å². The van der Waals surface area contributed by atoms with Gasteiger partial charge in [-0.1, -0.05) is 36.4 Å². The van der Waals surface area contributed by atoms with Crippen molar-refractivity contribution in [2.45, 2.75) is 38.1 Å². The summed E-state index contributed by atoms with van der Waals surface area (Å²) in [4.78, 5) is 28.4. The normalized spacial score (nSPS) is 13.6. The summed E-state index contributed by atoms with van der Waals surface area (Å²) in [7, 11) is 0. The predicted molar refractivity (Wildman–Crippen MR) is 105 cm³/mol. The average Bonchev–Trinajstić information content (AvgIpc) is 2.66. The SMILES string of the molecule is C[C@@H](N)C(=O)N[C@H](Cc1ccccc1)[C@H](O)C(=O)NCc1ccccn1.Cl. The number of pyridine rings is 1. The third kappa shape index (κ3) is 7.34. The minimum absolute atomic E-state index is 0. The van der Waals surface area contributed by atoms with Gasteiger partial charge in [0.2, 0.25) is 5.91 Å². The zero-order valence-electron chi connectivity index (χ0n) is 15.0. The summed E-state index contributed by atoms with van der Waals surface area (Å²) >= 11 is 0. The lowest BCUT2D eigenvalue weighted by Gasteiger charge is -2.24. The van der Waals surface area contributed by atoms with Gasteiger partial charge in [0.1, 0.15) is 0 Å². The van der Waals surface area contributed by atoms with Crippen LogP contribution in [0.2, 0.25) is 0 Å². The third-order valence-corrected chi connectivity index (χ3v) is 3.86. The summed E-state index contributed by atoms with van der Waals surface area (Å²) in [6.45, 7) is 1.73. The Morgan fingerprint density at radius 1 is 1.11 bits per heavy atom. The summed E-state index contributed by atoms with van der Waals surface area (Å²) in [5, 5.41) is 15.7. The molecule has 0 aliphatic heterocycles. The van der Waals surface area contributed by atoms with Crippen LogP contribution in [0.1, 0.15) is 18.2 Å². The first-order valence-corrected chi connectivity index (χ1v) is 8.43. The number of amides is 2. The smallest absolute Gasteiger partial charge is 0.251 e. The van der Waals surface area contributed by atoms with Crippen LogP contribution in [0.3, 0.4) is 0 Å². The molecule has 5 N–H and O–H groups in total. The number of carbonyl (C=O) groups is 2. The second-order valence-corrected chi connectivity index (χ2v) is 6.08. The van der Waals surface area contributed by atoms with Crippen LogP contribution in [0.25, 0.3) is 0 Å². The molecule has 0 fully saturated rings. The highest BCUT2D eigenvalue weighted by molar-refractivity contribution is 5.85. The van der Waals surface area contributed by atoms with Gasteiger partial charge < -0.3 is 21.5 Å². The highest BCUT2D eigenvalue weighted by Gasteiger charge is 2.28. The fourth-order valence-electron chi connectivity index (χ4n) is 2.39. The van der Waals surface area contributed by atoms with Crippen LogP contribution in [0.5, 0.6) is 0 Å². The number of nitrogens with one attached hydrogen (secondary N) is 2. The number of carbonyl (C=O) groups excluding carboxylic acids is 2. The van der Waals surface area contributed by atoms with Crippen LogP contribution < -0.4 is 16.4 Å². The van der Waals surface area contributed by atoms with Gasteiger partial charge in [0.05, 0.1) is 24.3 Å². The Hall–Kier alpha value is -2.48. The number of aliphatic hydroxyl groups is 1. The van der Waals surface area contributed by atoms with Crippen molar-refractivity contribution in [3.05, 3.63) is 66.0 Å². The molecule has 0 bridgehead atoms. The lowest BCUT2D eigenvalue weighted by molar-refractivity contribution is -0.132. The molecule has 1 heterocycles. The van der Waals surface area contributed by atoms with Crippen LogP contribution in [-0.4, -0.2) is 40.1 Å². The fourth-order valence-corrected chi connectivity index (χ4v) is 2.39. The second-order valence-electron chi connectivity index (χ2n) is 6.08. The highest BCUT2D eigenvalue weighted by atomic mass is 35.5. The van der Waals surface area contributed by atoms with E-state index < -0.39 is 30.0 Å². The van der Waals surface area contributed by atoms with Crippen molar-refractivity contribution in [3.8, 4) is 0 Å². The minimum Gasteiger partial charge on any atom is -0.381 e. The molecule has 2 rings (SSSR count). The molecule has 0 saturated carbocycles. The van der Waals surface area contributed by atoms with E-state index in [1.54, 1.807) is 25.3 Å². The molecule has 7 nitrogen and oxygen atoms in total. The molecule has 146 valence electrons. The Bertz CT molecular complexity index is 713. The topological polar surface area (TPSA) is 117 Å². The van der Waals surface area contributed by atoms with Crippen molar-refractivity contribution in [3.63, 3.8) is 0 Å². The number of nitrogens with two attached hydrogens (primary N) is 1. The van der Waals surface area contributed by atoms with Gasteiger partial charge in [-0.05, 0) is 31.0 Å². The Balaban J connectivity index is 0.00000364. The van der Waals surface area contributed by atoms with Crippen molar-refractivity contribution in [2.75, 3.05) is 0 Å². The Morgan fingerprint density at radius 3 is 2.37 bits per heavy atom. The van der Waals surface area contributed by atoms with Crippen LogP contribution in [0.15, 0.2) is 54.7 Å². The lowest BCUT2D eigenvalue weighted by atomic mass is 10.00. The summed E-state index contributed by atoms with van der Waals surface area (Å²) in [5.74, 6) is -1.01. The molecule has 3 atom stereocenters. The first-order chi connectivity index (χ1) is 12.5. The van der Waals surface area contributed by atoms with E-state index in [1.165, 1.54) is 0 Å². The lowest BCUT2D eigenvalue weighted by Crippen LogP contribution is -2.54. The molecule has 0 saturated heterocycles. The number of benzene rings is 1. The molecule has 0 unspecified atom stereocenters. The Labute approximate surface area is 164 Å². The quantitative estimate of drug-likeness (QED) is 0.523. The summed E-state index contributed by atoms with van der Waals surface area (Å²) in [6, 6.07) is 13.1. The molecule has 0 aliphatic rings. The van der Waals surface area contributed by atoms with Gasteiger partial charge in [0.15, 0.2) is 6.10 Å². The van der Waals surface area contributed by atoms with E-state index in [0.29, 0.717) is 12.1 Å². The van der Waals surface area contributed by atoms with Crippen LogP contribution in [-0.2, 0) is 22.6 Å². The van der Waals surface area contributed by atoms with Gasteiger partial charge in [-0.2, -0.15) is 0 Å². The zero-order chi connectivity index (χ0) is 18.9. The first kappa shape index (κ1) is 22.6. The van der Waals surface area contributed by atoms with Gasteiger partial charge >= 0.3 is 0 Å². The fraction of sp³-hybridized carbons (Fsp3) is 0.316. The van der Waals surface area contributed by atoms with E-state index in [4.69, 9.17) is 5.73 Å². The van der Waals surface area contributed by atoms with Gasteiger partial charge in [-0.3, -0.25) is 14.6 Å². The first-order valence-electron chi connectivity index (χ1n) is 8.43. The van der Waals surface area contributed by atoms with E-state index in [2.05, 4.69) is 15.6 Å². The molecule has 27 heavy (non-hydrogen) atoms. The number of hydrogen-bond donors (Lipinski definition) is 4. The van der Waals surface area contributed by atoms with E-state index in [-0.39, 0.29) is 19.0 Å². The summed E-state index contributed by atoms with van der Waals surface area (Å²) in [5.41, 5.74) is 7.15. The maximum Gasteiger partial charge on any atom is 0.251 e. The summed E-state index contributed by atoms with van der Waals surface area (Å²) in [6.07, 6.45) is 0.512. The molecule has 8 heteroatoms. The molecule has 0 aliphatic carbocycles. The molecule has 1 aromatic carbocycles. The van der Waals surface area contributed by atoms with Crippen molar-refractivity contribution >= 4 is 24.2 Å². The Morgan fingerprint density at radius 2 is 1.78 bits per heavy atom. The third-order valence-electron chi connectivity index (χ3n) is 3.86. The van der Waals surface area contributed by atoms with Crippen molar-refractivity contribution in [1.29, 1.82) is 0 Å². The summed E-state index contributed by atoms with van der Waals surface area (Å²) < 4.78 is 0. The van der Waals surface area contributed by atoms with Crippen molar-refractivity contribution < 1.29 is 14.7 Å². The molecular weight excluding hydrogens is 368 g/mol. The number of aromatic nitrogens is 1. The monoisotopic (exact) mass is 392 g/mol.